The van der Waals surface area contributed by atoms with E-state index >= 15 is 0 Å². The van der Waals surface area contributed by atoms with E-state index in [1.165, 1.54) is 0 Å². The molecular weight excluding hydrogens is 1170 g/mol. The van der Waals surface area contributed by atoms with Gasteiger partial charge in [-0.3, -0.25) is 36.5 Å². The summed E-state index contributed by atoms with van der Waals surface area (Å²) in [5, 5.41) is 35.8. The zero-order chi connectivity index (χ0) is 54.1. The summed E-state index contributed by atoms with van der Waals surface area (Å²) in [6, 6.07) is 0. The minimum atomic E-state index is -5.03. The number of hydrogen-bond donors (Lipinski definition) is 16. The van der Waals surface area contributed by atoms with Crippen LogP contribution >= 0.6 is 60.8 Å². The van der Waals surface area contributed by atoms with E-state index in [2.05, 4.69) is 45.8 Å². The van der Waals surface area contributed by atoms with Crippen molar-refractivity contribution in [1.82, 2.24) is 0 Å². The van der Waals surface area contributed by atoms with Crippen LogP contribution in [0.4, 0.5) is 0 Å². The van der Waals surface area contributed by atoms with Crippen LogP contribution in [0.3, 0.4) is 0 Å². The molecule has 0 bridgehead atoms. The summed E-state index contributed by atoms with van der Waals surface area (Å²) in [5.41, 5.74) is -10.6. The fraction of sp³-hybridized carbons (Fsp3) is 1.00. The van der Waals surface area contributed by atoms with Gasteiger partial charge in [0.25, 0.3) is 22.3 Å². The zero-order valence-electron chi connectivity index (χ0n) is 46.9. The fourth-order valence-electron chi connectivity index (χ4n) is 4.63. The molecule has 0 amide bonds. The second-order valence-electron chi connectivity index (χ2n) is 15.0. The zero-order valence-corrected chi connectivity index (χ0v) is 58.1. The maximum absolute atomic E-state index is 11.2. The Morgan fingerprint density at radius 3 is 0.514 bits per heavy atom. The molecular formula is C32H84Na4O28P8. The first-order valence-corrected chi connectivity index (χ1v) is 35.0. The molecule has 0 aliphatic heterocycles. The number of aliphatic hydroxyl groups is 4. The van der Waals surface area contributed by atoms with E-state index in [-0.39, 0.29) is 150 Å². The number of unbranched alkanes of at least 4 members (excludes halogenated alkanes) is 16. The molecule has 0 saturated carbocycles. The Hall–Kier alpha value is 5.04. The molecule has 0 radical (unpaired) electrons. The second-order valence-corrected chi connectivity index (χ2v) is 30.8. The van der Waals surface area contributed by atoms with Gasteiger partial charge in [0.15, 0.2) is 0 Å². The van der Waals surface area contributed by atoms with Crippen LogP contribution < -0.4 is 118 Å². The average molecular weight is 1260 g/mol. The standard InChI is InChI=1S/4C8H20O7P2.4Na.4H/c4*1-2-3-4-5-6-7-15-17(13,14)8(9)16(10,11)12;;;;;;;;/h4*8-9H,2-7H2,1H3,(H,13,14)(H2,10,11,12);;;;;;;;/q;;;;4*+1;4*-1. The van der Waals surface area contributed by atoms with Crippen molar-refractivity contribution >= 4 is 60.8 Å². The molecule has 0 aromatic heterocycles. The molecule has 0 heterocycles. The molecule has 424 valence electrons. The predicted octanol–water partition coefficient (Wildman–Crippen LogP) is -5.08. The summed E-state index contributed by atoms with van der Waals surface area (Å²) < 4.78 is 105. The third-order valence-corrected chi connectivity index (χ3v) is 22.5. The molecule has 0 spiro atoms. The quantitative estimate of drug-likeness (QED) is 0.0159. The van der Waals surface area contributed by atoms with E-state index in [4.69, 9.17) is 79.1 Å². The van der Waals surface area contributed by atoms with Gasteiger partial charge in [0, 0.05) is 0 Å². The normalized spacial score (nSPS) is 16.7. The van der Waals surface area contributed by atoms with Crippen molar-refractivity contribution < 1.29 is 258 Å². The van der Waals surface area contributed by atoms with Gasteiger partial charge < -0.3 is 103 Å². The molecule has 0 rings (SSSR count). The van der Waals surface area contributed by atoms with Crippen molar-refractivity contribution in [3.63, 3.8) is 0 Å². The molecule has 8 atom stereocenters. The fourth-order valence-corrected chi connectivity index (χ4v) is 13.6. The summed E-state index contributed by atoms with van der Waals surface area (Å²) >= 11 is 0. The largest absolute Gasteiger partial charge is 1.00 e. The first-order valence-electron chi connectivity index (χ1n) is 21.7. The van der Waals surface area contributed by atoms with Gasteiger partial charge in [-0.25, -0.2) is 0 Å². The van der Waals surface area contributed by atoms with Crippen LogP contribution in [-0.2, 0) is 54.6 Å². The Balaban J connectivity index is -0.0000000694. The molecule has 16 N–H and O–H groups in total. The molecule has 0 aliphatic rings. The van der Waals surface area contributed by atoms with E-state index in [0.29, 0.717) is 25.7 Å². The van der Waals surface area contributed by atoms with Crippen molar-refractivity contribution in [1.29, 1.82) is 0 Å². The van der Waals surface area contributed by atoms with E-state index in [1.807, 2.05) is 0 Å². The van der Waals surface area contributed by atoms with Crippen molar-refractivity contribution in [3.05, 3.63) is 0 Å². The van der Waals surface area contributed by atoms with Gasteiger partial charge in [-0.05, 0) is 25.7 Å². The predicted molar refractivity (Wildman–Crippen MR) is 255 cm³/mol. The van der Waals surface area contributed by atoms with Crippen molar-refractivity contribution in [2.75, 3.05) is 26.4 Å². The third-order valence-electron chi connectivity index (χ3n) is 8.47. The van der Waals surface area contributed by atoms with Crippen molar-refractivity contribution in [2.45, 2.75) is 178 Å². The van der Waals surface area contributed by atoms with E-state index in [1.54, 1.807) is 0 Å². The number of hydrogen-bond acceptors (Lipinski definition) is 16. The number of aliphatic hydroxyl groups excluding tert-OH is 4. The van der Waals surface area contributed by atoms with Crippen LogP contribution in [0.5, 0.6) is 0 Å². The van der Waals surface area contributed by atoms with Crippen LogP contribution in [0.25, 0.3) is 0 Å². The molecule has 40 heteroatoms. The van der Waals surface area contributed by atoms with Crippen LogP contribution in [0.2, 0.25) is 0 Å². The summed E-state index contributed by atoms with van der Waals surface area (Å²) in [4.78, 5) is 105. The van der Waals surface area contributed by atoms with Gasteiger partial charge >= 0.3 is 179 Å². The van der Waals surface area contributed by atoms with Crippen LogP contribution in [0.15, 0.2) is 0 Å². The monoisotopic (exact) mass is 1260 g/mol. The van der Waals surface area contributed by atoms with Gasteiger partial charge in [-0.15, -0.1) is 0 Å². The first kappa shape index (κ1) is 93.5. The van der Waals surface area contributed by atoms with Gasteiger partial charge in [0.05, 0.1) is 26.4 Å². The Kier molecular flexibility index (Phi) is 64.2. The third kappa shape index (κ3) is 51.9. The first-order chi connectivity index (χ1) is 30.9. The molecule has 0 aromatic rings. The SMILES string of the molecule is CCCCCCCOP(=O)(O)C(O)P(=O)(O)O.CCCCCCCOP(=O)(O)C(O)P(=O)(O)O.CCCCCCCOP(=O)(O)C(O)P(=O)(O)O.CCCCCCCOP(=O)(O)C(O)P(=O)(O)O.[H-].[H-].[H-].[H-].[Na+].[Na+].[Na+].[Na+]. The van der Waals surface area contributed by atoms with Crippen molar-refractivity contribution in [3.8, 4) is 0 Å². The summed E-state index contributed by atoms with van der Waals surface area (Å²) in [6.07, 6.45) is 17.6. The Bertz CT molecular complexity index is 1490. The smallest absolute Gasteiger partial charge is 1.00 e. The van der Waals surface area contributed by atoms with Crippen molar-refractivity contribution in [2.24, 2.45) is 0 Å². The van der Waals surface area contributed by atoms with E-state index < -0.39 is 83.1 Å². The molecule has 0 aliphatic carbocycles. The van der Waals surface area contributed by atoms with Gasteiger partial charge in [0.1, 0.15) is 0 Å². The summed E-state index contributed by atoms with van der Waals surface area (Å²) in [6.45, 7) is 7.79. The summed E-state index contributed by atoms with van der Waals surface area (Å²) in [5.74, 6) is 0. The molecule has 28 nitrogen and oxygen atoms in total. The molecule has 0 saturated heterocycles. The van der Waals surface area contributed by atoms with Gasteiger partial charge in [-0.2, -0.15) is 0 Å². The summed E-state index contributed by atoms with van der Waals surface area (Å²) in [7, 11) is -38.8. The maximum atomic E-state index is 11.2. The molecule has 0 aromatic carbocycles. The van der Waals surface area contributed by atoms with Crippen LogP contribution in [0.1, 0.15) is 162 Å². The topological polar surface area (TPSA) is 497 Å². The Morgan fingerprint density at radius 2 is 0.403 bits per heavy atom. The van der Waals surface area contributed by atoms with Gasteiger partial charge in [-0.1, -0.05) is 130 Å². The average Bonchev–Trinajstić information content (AvgIpc) is 3.21. The Morgan fingerprint density at radius 1 is 0.278 bits per heavy atom. The maximum Gasteiger partial charge on any atom is 1.00 e. The molecule has 8 unspecified atom stereocenters. The second kappa shape index (κ2) is 49.5. The minimum absolute atomic E-state index is 0. The van der Waals surface area contributed by atoms with Gasteiger partial charge in [0.2, 0.25) is 0 Å². The van der Waals surface area contributed by atoms with E-state index in [0.717, 1.165) is 103 Å². The molecule has 72 heavy (non-hydrogen) atoms. The van der Waals surface area contributed by atoms with Crippen LogP contribution in [-0.4, -0.2) is 128 Å². The minimum Gasteiger partial charge on any atom is -1.00 e. The van der Waals surface area contributed by atoms with Crippen LogP contribution in [0, 0.1) is 0 Å². The van der Waals surface area contributed by atoms with E-state index in [9.17, 15) is 36.5 Å². The Labute approximate surface area is 518 Å². The number of rotatable bonds is 36. The molecule has 0 fully saturated rings.